The van der Waals surface area contributed by atoms with Gasteiger partial charge in [0.25, 0.3) is 0 Å². The van der Waals surface area contributed by atoms with Gasteiger partial charge in [0.05, 0.1) is 6.54 Å². The van der Waals surface area contributed by atoms with Crippen molar-refractivity contribution >= 4 is 5.91 Å². The molecule has 0 aromatic heterocycles. The van der Waals surface area contributed by atoms with Crippen LogP contribution in [0, 0.1) is 5.92 Å². The zero-order chi connectivity index (χ0) is 18.4. The van der Waals surface area contributed by atoms with E-state index in [0.717, 1.165) is 12.1 Å². The fourth-order valence-electron chi connectivity index (χ4n) is 4.18. The van der Waals surface area contributed by atoms with Gasteiger partial charge in [-0.1, -0.05) is 49.6 Å². The maximum absolute atomic E-state index is 12.5. The van der Waals surface area contributed by atoms with Crippen LogP contribution in [-0.2, 0) is 11.2 Å². The lowest BCUT2D eigenvalue weighted by molar-refractivity contribution is -0.131. The molecule has 1 saturated heterocycles. The monoisotopic (exact) mass is 360 g/mol. The Morgan fingerprint density at radius 2 is 1.92 bits per heavy atom. The summed E-state index contributed by atoms with van der Waals surface area (Å²) in [6, 6.07) is 9.92. The van der Waals surface area contributed by atoms with Crippen molar-refractivity contribution in [3.63, 3.8) is 0 Å². The summed E-state index contributed by atoms with van der Waals surface area (Å²) in [6.07, 6.45) is 6.62. The van der Waals surface area contributed by atoms with Crippen molar-refractivity contribution in [1.82, 2.24) is 10.2 Å². The van der Waals surface area contributed by atoms with E-state index in [1.807, 2.05) is 30.3 Å². The molecule has 3 N–H and O–H groups in total. The molecule has 2 fully saturated rings. The number of rotatable bonds is 7. The molecule has 3 rings (SSSR count). The first-order valence-electron chi connectivity index (χ1n) is 10.00. The number of β-amino-alcohol motifs (C(OH)–C–C–N with tert-alkyl or cyclic N) is 2. The molecule has 0 unspecified atom stereocenters. The number of hydrogen-bond donors (Lipinski definition) is 3. The molecular weight excluding hydrogens is 328 g/mol. The highest BCUT2D eigenvalue weighted by Crippen LogP contribution is 2.25. The summed E-state index contributed by atoms with van der Waals surface area (Å²) in [7, 11) is 0. The average molecular weight is 360 g/mol. The summed E-state index contributed by atoms with van der Waals surface area (Å²) >= 11 is 0. The maximum Gasteiger partial charge on any atom is 0.223 e. The quantitative estimate of drug-likeness (QED) is 0.692. The molecule has 5 heteroatoms. The SMILES string of the molecule is O=C(CCc1ccccc1)N1C[C@@H](O)[C@](O)(CNCC2CCCCC2)C1. The van der Waals surface area contributed by atoms with E-state index in [0.29, 0.717) is 25.3 Å². The second-order valence-corrected chi connectivity index (χ2v) is 8.01. The molecule has 0 radical (unpaired) electrons. The van der Waals surface area contributed by atoms with Crippen molar-refractivity contribution in [1.29, 1.82) is 0 Å². The fraction of sp³-hybridized carbons (Fsp3) is 0.667. The molecule has 5 nitrogen and oxygen atoms in total. The number of amides is 1. The second-order valence-electron chi connectivity index (χ2n) is 8.01. The Balaban J connectivity index is 1.43. The molecule has 26 heavy (non-hydrogen) atoms. The first kappa shape index (κ1) is 19.3. The predicted molar refractivity (Wildman–Crippen MR) is 102 cm³/mol. The normalized spacial score (nSPS) is 27.0. The number of likely N-dealkylation sites (tertiary alicyclic amines) is 1. The Kier molecular flexibility index (Phi) is 6.68. The first-order valence-corrected chi connectivity index (χ1v) is 10.00. The minimum absolute atomic E-state index is 0.00360. The molecule has 0 spiro atoms. The number of carbonyl (C=O) groups is 1. The standard InChI is InChI=1S/C21H32N2O3/c24-19-14-23(20(25)12-11-17-7-3-1-4-8-17)16-21(19,26)15-22-13-18-9-5-2-6-10-18/h1,3-4,7-8,18-19,22,24,26H,2,5-6,9-16H2/t19-,21+/m1/s1. The van der Waals surface area contributed by atoms with Crippen LogP contribution in [0.1, 0.15) is 44.1 Å². The van der Waals surface area contributed by atoms with Gasteiger partial charge in [-0.25, -0.2) is 0 Å². The van der Waals surface area contributed by atoms with Gasteiger partial charge in [-0.2, -0.15) is 0 Å². The van der Waals surface area contributed by atoms with E-state index in [1.54, 1.807) is 4.90 Å². The number of hydrogen-bond acceptors (Lipinski definition) is 4. The van der Waals surface area contributed by atoms with Crippen LogP contribution in [-0.4, -0.2) is 58.9 Å². The van der Waals surface area contributed by atoms with Crippen molar-refractivity contribution in [3.8, 4) is 0 Å². The zero-order valence-corrected chi connectivity index (χ0v) is 15.6. The molecular formula is C21H32N2O3. The first-order chi connectivity index (χ1) is 12.6. The number of aliphatic hydroxyl groups is 2. The molecule has 1 aliphatic heterocycles. The van der Waals surface area contributed by atoms with Gasteiger partial charge in [0, 0.05) is 19.5 Å². The molecule has 1 saturated carbocycles. The van der Waals surface area contributed by atoms with Crippen LogP contribution in [0.25, 0.3) is 0 Å². The maximum atomic E-state index is 12.5. The Bertz CT molecular complexity index is 574. The Hall–Kier alpha value is -1.43. The Morgan fingerprint density at radius 3 is 2.65 bits per heavy atom. The highest BCUT2D eigenvalue weighted by molar-refractivity contribution is 5.77. The summed E-state index contributed by atoms with van der Waals surface area (Å²) in [4.78, 5) is 14.1. The van der Waals surface area contributed by atoms with Crippen molar-refractivity contribution in [2.24, 2.45) is 5.92 Å². The number of nitrogens with one attached hydrogen (secondary N) is 1. The molecule has 1 aromatic carbocycles. The van der Waals surface area contributed by atoms with Crippen molar-refractivity contribution in [3.05, 3.63) is 35.9 Å². The van der Waals surface area contributed by atoms with Crippen LogP contribution in [0.15, 0.2) is 30.3 Å². The molecule has 1 aromatic rings. The minimum atomic E-state index is -1.24. The van der Waals surface area contributed by atoms with Gasteiger partial charge in [0.15, 0.2) is 0 Å². The largest absolute Gasteiger partial charge is 0.388 e. The smallest absolute Gasteiger partial charge is 0.223 e. The van der Waals surface area contributed by atoms with Gasteiger partial charge in [0.2, 0.25) is 5.91 Å². The lowest BCUT2D eigenvalue weighted by Gasteiger charge is -2.28. The summed E-state index contributed by atoms with van der Waals surface area (Å²) in [5.74, 6) is 0.672. The summed E-state index contributed by atoms with van der Waals surface area (Å²) in [6.45, 7) is 1.65. The van der Waals surface area contributed by atoms with Crippen LogP contribution < -0.4 is 5.32 Å². The van der Waals surface area contributed by atoms with Crippen LogP contribution in [0.4, 0.5) is 0 Å². The van der Waals surface area contributed by atoms with Crippen molar-refractivity contribution in [2.75, 3.05) is 26.2 Å². The Morgan fingerprint density at radius 1 is 1.19 bits per heavy atom. The van der Waals surface area contributed by atoms with Gasteiger partial charge >= 0.3 is 0 Å². The van der Waals surface area contributed by atoms with Crippen LogP contribution in [0.2, 0.25) is 0 Å². The number of aryl methyl sites for hydroxylation is 1. The van der Waals surface area contributed by atoms with E-state index in [4.69, 9.17) is 0 Å². The van der Waals surface area contributed by atoms with Gasteiger partial charge in [-0.3, -0.25) is 4.79 Å². The molecule has 2 atom stereocenters. The van der Waals surface area contributed by atoms with E-state index >= 15 is 0 Å². The van der Waals surface area contributed by atoms with E-state index in [2.05, 4.69) is 5.32 Å². The zero-order valence-electron chi connectivity index (χ0n) is 15.6. The molecule has 1 heterocycles. The van der Waals surface area contributed by atoms with Gasteiger partial charge < -0.3 is 20.4 Å². The van der Waals surface area contributed by atoms with Crippen molar-refractivity contribution in [2.45, 2.75) is 56.7 Å². The van der Waals surface area contributed by atoms with Gasteiger partial charge in [-0.05, 0) is 37.3 Å². The average Bonchev–Trinajstić information content (AvgIpc) is 2.96. The van der Waals surface area contributed by atoms with Crippen LogP contribution >= 0.6 is 0 Å². The molecule has 1 aliphatic carbocycles. The number of nitrogens with zero attached hydrogens (tertiary/aromatic N) is 1. The van der Waals surface area contributed by atoms with Crippen molar-refractivity contribution < 1.29 is 15.0 Å². The minimum Gasteiger partial charge on any atom is -0.388 e. The summed E-state index contributed by atoms with van der Waals surface area (Å²) < 4.78 is 0. The Labute approximate surface area is 156 Å². The lowest BCUT2D eigenvalue weighted by atomic mass is 9.89. The molecule has 0 bridgehead atoms. The topological polar surface area (TPSA) is 72.8 Å². The third-order valence-electron chi connectivity index (χ3n) is 5.89. The lowest BCUT2D eigenvalue weighted by Crippen LogP contribution is -2.51. The predicted octanol–water partition coefficient (Wildman–Crippen LogP) is 1.72. The van der Waals surface area contributed by atoms with E-state index in [9.17, 15) is 15.0 Å². The van der Waals surface area contributed by atoms with Crippen LogP contribution in [0.3, 0.4) is 0 Å². The third-order valence-corrected chi connectivity index (χ3v) is 5.89. The highest BCUT2D eigenvalue weighted by atomic mass is 16.3. The fourth-order valence-corrected chi connectivity index (χ4v) is 4.18. The van der Waals surface area contributed by atoms with E-state index < -0.39 is 11.7 Å². The summed E-state index contributed by atoms with van der Waals surface area (Å²) in [5.41, 5.74) is -0.109. The van der Waals surface area contributed by atoms with E-state index in [1.165, 1.54) is 32.1 Å². The van der Waals surface area contributed by atoms with Gasteiger partial charge in [-0.15, -0.1) is 0 Å². The summed E-state index contributed by atoms with van der Waals surface area (Å²) in [5, 5.41) is 24.4. The van der Waals surface area contributed by atoms with Crippen LogP contribution in [0.5, 0.6) is 0 Å². The molecule has 2 aliphatic rings. The highest BCUT2D eigenvalue weighted by Gasteiger charge is 2.45. The van der Waals surface area contributed by atoms with Gasteiger partial charge in [0.1, 0.15) is 11.7 Å². The number of carbonyl (C=O) groups excluding carboxylic acids is 1. The third kappa shape index (κ3) is 5.06. The van der Waals surface area contributed by atoms with E-state index in [-0.39, 0.29) is 19.0 Å². The number of benzene rings is 1. The second kappa shape index (κ2) is 8.98. The molecule has 144 valence electrons. The number of aliphatic hydroxyl groups excluding tert-OH is 1. The molecule has 1 amide bonds.